The zero-order valence-corrected chi connectivity index (χ0v) is 15.2. The van der Waals surface area contributed by atoms with E-state index in [0.29, 0.717) is 43.1 Å². The summed E-state index contributed by atoms with van der Waals surface area (Å²) in [6.45, 7) is 0. The fraction of sp³-hybridized carbons (Fsp3) is 0. The summed E-state index contributed by atoms with van der Waals surface area (Å²) < 4.78 is 22.1. The lowest BCUT2D eigenvalue weighted by molar-refractivity contribution is 0.0980. The maximum absolute atomic E-state index is 13.5. The maximum atomic E-state index is 13.5. The number of ketones is 2. The van der Waals surface area contributed by atoms with E-state index < -0.39 is 0 Å². The summed E-state index contributed by atoms with van der Waals surface area (Å²) in [5, 5.41) is 0. The van der Waals surface area contributed by atoms with Gasteiger partial charge in [0.2, 0.25) is 0 Å². The van der Waals surface area contributed by atoms with Crippen molar-refractivity contribution >= 4 is 46.1 Å². The molecule has 4 aromatic rings. The van der Waals surface area contributed by atoms with E-state index in [4.69, 9.17) is 0 Å². The number of nitrogens with zero attached hydrogens (tertiary/aromatic N) is 2. The Bertz CT molecular complexity index is 1270. The predicted octanol–water partition coefficient (Wildman–Crippen LogP) is 4.76. The fourth-order valence-corrected chi connectivity index (χ4v) is 4.83. The Morgan fingerprint density at radius 2 is 1.56 bits per heavy atom. The van der Waals surface area contributed by atoms with Crippen LogP contribution in [-0.2, 0) is 0 Å². The Morgan fingerprint density at radius 3 is 2.33 bits per heavy atom. The van der Waals surface area contributed by atoms with Crippen LogP contribution in [0.4, 0.5) is 4.39 Å². The van der Waals surface area contributed by atoms with Gasteiger partial charge in [-0.1, -0.05) is 42.1 Å². The third-order valence-corrected chi connectivity index (χ3v) is 5.96. The first kappa shape index (κ1) is 16.3. The lowest BCUT2D eigenvalue weighted by Crippen LogP contribution is -2.21. The Hall–Kier alpha value is -2.90. The molecule has 7 heteroatoms. The monoisotopic (exact) mass is 392 g/mol. The number of carbonyl (C=O) groups is 2. The molecule has 1 aliphatic rings. The molecule has 0 bridgehead atoms. The SMILES string of the molecule is O=C1c2ccccc2C(=O)c2c1cc(Sc1cccc(F)c1)c1nsnc21. The number of fused-ring (bicyclic) bond motifs is 4. The van der Waals surface area contributed by atoms with Crippen LogP contribution in [0.25, 0.3) is 11.0 Å². The molecule has 1 aliphatic carbocycles. The van der Waals surface area contributed by atoms with Gasteiger partial charge < -0.3 is 0 Å². The van der Waals surface area contributed by atoms with E-state index >= 15 is 0 Å². The standard InChI is InChI=1S/C20H9FN2O2S2/c21-10-4-3-5-11(8-10)26-15-9-14-16(18-17(15)22-27-23-18)20(25)13-7-2-1-6-12(13)19(14)24/h1-9H. The molecule has 3 aromatic carbocycles. The minimum atomic E-state index is -0.342. The van der Waals surface area contributed by atoms with E-state index in [-0.39, 0.29) is 17.4 Å². The average Bonchev–Trinajstić information content (AvgIpc) is 3.16. The quantitative estimate of drug-likeness (QED) is 0.434. The molecular weight excluding hydrogens is 383 g/mol. The molecule has 0 saturated heterocycles. The summed E-state index contributed by atoms with van der Waals surface area (Å²) in [5.41, 5.74) is 2.36. The second-order valence-electron chi connectivity index (χ2n) is 6.02. The highest BCUT2D eigenvalue weighted by molar-refractivity contribution is 7.99. The lowest BCUT2D eigenvalue weighted by Gasteiger charge is -2.18. The molecule has 130 valence electrons. The van der Waals surface area contributed by atoms with Gasteiger partial charge in [-0.15, -0.1) is 0 Å². The van der Waals surface area contributed by atoms with Crippen molar-refractivity contribution in [2.75, 3.05) is 0 Å². The van der Waals surface area contributed by atoms with Crippen molar-refractivity contribution in [3.63, 3.8) is 0 Å². The van der Waals surface area contributed by atoms with Crippen LogP contribution in [0.1, 0.15) is 31.8 Å². The second kappa shape index (κ2) is 6.07. The Labute approximate surface area is 161 Å². The Kier molecular flexibility index (Phi) is 3.66. The second-order valence-corrected chi connectivity index (χ2v) is 7.67. The van der Waals surface area contributed by atoms with E-state index in [9.17, 15) is 14.0 Å². The third kappa shape index (κ3) is 2.50. The topological polar surface area (TPSA) is 59.9 Å². The van der Waals surface area contributed by atoms with Crippen molar-refractivity contribution in [1.29, 1.82) is 0 Å². The number of hydrogen-bond acceptors (Lipinski definition) is 6. The molecule has 0 amide bonds. The van der Waals surface area contributed by atoms with Gasteiger partial charge in [-0.2, -0.15) is 8.75 Å². The molecule has 1 aromatic heterocycles. The molecule has 0 atom stereocenters. The maximum Gasteiger partial charge on any atom is 0.196 e. The molecule has 4 nitrogen and oxygen atoms in total. The van der Waals surface area contributed by atoms with E-state index in [0.717, 1.165) is 11.7 Å². The van der Waals surface area contributed by atoms with Crippen molar-refractivity contribution in [3.8, 4) is 0 Å². The van der Waals surface area contributed by atoms with Gasteiger partial charge in [0.1, 0.15) is 16.9 Å². The summed E-state index contributed by atoms with van der Waals surface area (Å²) in [7, 11) is 0. The van der Waals surface area contributed by atoms with E-state index in [1.54, 1.807) is 42.5 Å². The highest BCUT2D eigenvalue weighted by Crippen LogP contribution is 2.39. The molecular formula is C20H9FN2O2S2. The van der Waals surface area contributed by atoms with Gasteiger partial charge >= 0.3 is 0 Å². The number of benzene rings is 3. The number of halogens is 1. The first-order valence-electron chi connectivity index (χ1n) is 8.04. The number of hydrogen-bond donors (Lipinski definition) is 0. The van der Waals surface area contributed by atoms with E-state index in [2.05, 4.69) is 8.75 Å². The van der Waals surface area contributed by atoms with Crippen LogP contribution in [0.3, 0.4) is 0 Å². The largest absolute Gasteiger partial charge is 0.289 e. The molecule has 0 fully saturated rings. The minimum Gasteiger partial charge on any atom is -0.289 e. The van der Waals surface area contributed by atoms with Crippen molar-refractivity contribution in [2.45, 2.75) is 9.79 Å². The molecule has 5 rings (SSSR count). The highest BCUT2D eigenvalue weighted by atomic mass is 32.2. The molecule has 27 heavy (non-hydrogen) atoms. The van der Waals surface area contributed by atoms with Crippen LogP contribution in [0.15, 0.2) is 64.4 Å². The zero-order valence-electron chi connectivity index (χ0n) is 13.6. The molecule has 0 saturated carbocycles. The average molecular weight is 392 g/mol. The third-order valence-electron chi connectivity index (χ3n) is 4.42. The van der Waals surface area contributed by atoms with Crippen molar-refractivity contribution in [3.05, 3.63) is 82.7 Å². The summed E-state index contributed by atoms with van der Waals surface area (Å²) in [6.07, 6.45) is 0. The molecule has 0 spiro atoms. The smallest absolute Gasteiger partial charge is 0.196 e. The van der Waals surface area contributed by atoms with Crippen LogP contribution < -0.4 is 0 Å². The van der Waals surface area contributed by atoms with E-state index in [1.807, 2.05) is 0 Å². The summed E-state index contributed by atoms with van der Waals surface area (Å²) in [5.74, 6) is -0.776. The van der Waals surface area contributed by atoms with Crippen LogP contribution in [0.2, 0.25) is 0 Å². The van der Waals surface area contributed by atoms with Gasteiger partial charge in [0.15, 0.2) is 11.6 Å². The molecule has 0 aliphatic heterocycles. The minimum absolute atomic E-state index is 0.212. The summed E-state index contributed by atoms with van der Waals surface area (Å²) in [6, 6.07) is 14.6. The summed E-state index contributed by atoms with van der Waals surface area (Å²) in [4.78, 5) is 27.4. The van der Waals surface area contributed by atoms with Crippen LogP contribution in [-0.4, -0.2) is 20.3 Å². The van der Waals surface area contributed by atoms with Gasteiger partial charge in [-0.05, 0) is 24.3 Å². The van der Waals surface area contributed by atoms with Gasteiger partial charge in [-0.25, -0.2) is 4.39 Å². The lowest BCUT2D eigenvalue weighted by atomic mass is 9.83. The van der Waals surface area contributed by atoms with Crippen molar-refractivity contribution in [2.24, 2.45) is 0 Å². The van der Waals surface area contributed by atoms with Gasteiger partial charge in [-0.3, -0.25) is 9.59 Å². The zero-order chi connectivity index (χ0) is 18.5. The normalized spacial score (nSPS) is 12.9. The molecule has 0 N–H and O–H groups in total. The predicted molar refractivity (Wildman–Crippen MR) is 101 cm³/mol. The van der Waals surface area contributed by atoms with Gasteiger partial charge in [0.05, 0.1) is 17.3 Å². The number of carbonyl (C=O) groups excluding carboxylic acids is 2. The van der Waals surface area contributed by atoms with Gasteiger partial charge in [0, 0.05) is 26.5 Å². The van der Waals surface area contributed by atoms with Crippen LogP contribution in [0, 0.1) is 5.82 Å². The molecule has 0 unspecified atom stereocenters. The highest BCUT2D eigenvalue weighted by Gasteiger charge is 2.33. The van der Waals surface area contributed by atoms with E-state index in [1.165, 1.54) is 23.9 Å². The first-order chi connectivity index (χ1) is 13.1. The Balaban J connectivity index is 1.74. The van der Waals surface area contributed by atoms with Gasteiger partial charge in [0.25, 0.3) is 0 Å². The van der Waals surface area contributed by atoms with Crippen LogP contribution in [0.5, 0.6) is 0 Å². The molecule has 1 heterocycles. The fourth-order valence-electron chi connectivity index (χ4n) is 3.22. The Morgan fingerprint density at radius 1 is 0.815 bits per heavy atom. The van der Waals surface area contributed by atoms with Crippen LogP contribution >= 0.6 is 23.5 Å². The number of rotatable bonds is 2. The van der Waals surface area contributed by atoms with Crippen molar-refractivity contribution in [1.82, 2.24) is 8.75 Å². The molecule has 0 radical (unpaired) electrons. The summed E-state index contributed by atoms with van der Waals surface area (Å²) >= 11 is 2.28. The number of aromatic nitrogens is 2. The van der Waals surface area contributed by atoms with Crippen molar-refractivity contribution < 1.29 is 14.0 Å². The first-order valence-corrected chi connectivity index (χ1v) is 9.59.